The SMILES string of the molecule is CCCCCOCCCC(=O)Nc1ccc(F)c(N)c1. The minimum atomic E-state index is -0.483. The number of nitrogen functional groups attached to an aromatic ring is 1. The number of ether oxygens (including phenoxy) is 1. The molecule has 0 aliphatic rings. The van der Waals surface area contributed by atoms with Gasteiger partial charge in [-0.2, -0.15) is 0 Å². The van der Waals surface area contributed by atoms with Gasteiger partial charge in [0, 0.05) is 25.3 Å². The highest BCUT2D eigenvalue weighted by Crippen LogP contribution is 2.16. The van der Waals surface area contributed by atoms with E-state index in [-0.39, 0.29) is 11.6 Å². The summed E-state index contributed by atoms with van der Waals surface area (Å²) >= 11 is 0. The van der Waals surface area contributed by atoms with Gasteiger partial charge >= 0.3 is 0 Å². The summed E-state index contributed by atoms with van der Waals surface area (Å²) < 4.78 is 18.4. The zero-order chi connectivity index (χ0) is 14.8. The van der Waals surface area contributed by atoms with Crippen molar-refractivity contribution in [3.05, 3.63) is 24.0 Å². The molecule has 0 unspecified atom stereocenters. The molecule has 112 valence electrons. The molecule has 0 fully saturated rings. The highest BCUT2D eigenvalue weighted by Gasteiger charge is 2.04. The van der Waals surface area contributed by atoms with Gasteiger partial charge in [0.25, 0.3) is 0 Å². The molecule has 5 heteroatoms. The van der Waals surface area contributed by atoms with Gasteiger partial charge in [0.05, 0.1) is 5.69 Å². The number of nitrogens with one attached hydrogen (secondary N) is 1. The van der Waals surface area contributed by atoms with Crippen LogP contribution in [0.25, 0.3) is 0 Å². The summed E-state index contributed by atoms with van der Waals surface area (Å²) in [7, 11) is 0. The first-order chi connectivity index (χ1) is 9.63. The van der Waals surface area contributed by atoms with E-state index in [1.165, 1.54) is 31.0 Å². The average molecular weight is 282 g/mol. The van der Waals surface area contributed by atoms with Gasteiger partial charge in [0.15, 0.2) is 0 Å². The molecule has 4 nitrogen and oxygen atoms in total. The fraction of sp³-hybridized carbons (Fsp3) is 0.533. The predicted molar refractivity (Wildman–Crippen MR) is 79.0 cm³/mol. The predicted octanol–water partition coefficient (Wildman–Crippen LogP) is 3.33. The Morgan fingerprint density at radius 1 is 1.30 bits per heavy atom. The lowest BCUT2D eigenvalue weighted by molar-refractivity contribution is -0.116. The van der Waals surface area contributed by atoms with E-state index in [0.717, 1.165) is 13.0 Å². The third-order valence-electron chi connectivity index (χ3n) is 2.86. The van der Waals surface area contributed by atoms with Crippen LogP contribution in [0.5, 0.6) is 0 Å². The first kappa shape index (κ1) is 16.4. The zero-order valence-corrected chi connectivity index (χ0v) is 12.0. The van der Waals surface area contributed by atoms with Gasteiger partial charge < -0.3 is 15.8 Å². The molecule has 0 aromatic heterocycles. The summed E-state index contributed by atoms with van der Waals surface area (Å²) in [6.45, 7) is 3.49. The van der Waals surface area contributed by atoms with Crippen molar-refractivity contribution in [1.82, 2.24) is 0 Å². The summed E-state index contributed by atoms with van der Waals surface area (Å²) in [4.78, 5) is 11.6. The molecule has 0 bridgehead atoms. The van der Waals surface area contributed by atoms with Gasteiger partial charge in [-0.3, -0.25) is 4.79 Å². The number of halogens is 1. The molecule has 0 aliphatic heterocycles. The number of carbonyl (C=O) groups is 1. The molecule has 0 heterocycles. The van der Waals surface area contributed by atoms with Crippen LogP contribution in [-0.4, -0.2) is 19.1 Å². The van der Waals surface area contributed by atoms with E-state index in [4.69, 9.17) is 10.5 Å². The first-order valence-electron chi connectivity index (χ1n) is 7.06. The Labute approximate surface area is 119 Å². The Morgan fingerprint density at radius 2 is 2.05 bits per heavy atom. The largest absolute Gasteiger partial charge is 0.396 e. The topological polar surface area (TPSA) is 64.3 Å². The molecule has 3 N–H and O–H groups in total. The molecule has 1 aromatic carbocycles. The fourth-order valence-electron chi connectivity index (χ4n) is 1.74. The lowest BCUT2D eigenvalue weighted by atomic mass is 10.2. The number of carbonyl (C=O) groups excluding carboxylic acids is 1. The maximum atomic E-state index is 13.0. The number of hydrogen-bond donors (Lipinski definition) is 2. The summed E-state index contributed by atoms with van der Waals surface area (Å²) in [6, 6.07) is 4.14. The Balaban J connectivity index is 2.15. The maximum Gasteiger partial charge on any atom is 0.224 e. The molecule has 1 aromatic rings. The Morgan fingerprint density at radius 3 is 2.75 bits per heavy atom. The number of rotatable bonds is 9. The highest BCUT2D eigenvalue weighted by atomic mass is 19.1. The number of benzene rings is 1. The van der Waals surface area contributed by atoms with Crippen molar-refractivity contribution in [3.8, 4) is 0 Å². The van der Waals surface area contributed by atoms with Crippen LogP contribution in [0, 0.1) is 5.82 Å². The molecular weight excluding hydrogens is 259 g/mol. The number of anilines is 2. The quantitative estimate of drug-likeness (QED) is 0.539. The summed E-state index contributed by atoms with van der Waals surface area (Å²) in [5, 5.41) is 2.68. The summed E-state index contributed by atoms with van der Waals surface area (Å²) in [5.41, 5.74) is 5.97. The lowest BCUT2D eigenvalue weighted by Gasteiger charge is -2.07. The lowest BCUT2D eigenvalue weighted by Crippen LogP contribution is -2.12. The maximum absolute atomic E-state index is 13.0. The summed E-state index contributed by atoms with van der Waals surface area (Å²) in [6.07, 6.45) is 4.47. The fourth-order valence-corrected chi connectivity index (χ4v) is 1.74. The number of amides is 1. The van der Waals surface area contributed by atoms with Crippen LogP contribution in [0.1, 0.15) is 39.0 Å². The average Bonchev–Trinajstić information content (AvgIpc) is 2.42. The van der Waals surface area contributed by atoms with Gasteiger partial charge in [0.2, 0.25) is 5.91 Å². The van der Waals surface area contributed by atoms with Crippen LogP contribution in [-0.2, 0) is 9.53 Å². The van der Waals surface area contributed by atoms with E-state index in [2.05, 4.69) is 12.2 Å². The van der Waals surface area contributed by atoms with Gasteiger partial charge in [0.1, 0.15) is 5.82 Å². The second-order valence-electron chi connectivity index (χ2n) is 4.71. The van der Waals surface area contributed by atoms with Gasteiger partial charge in [-0.1, -0.05) is 19.8 Å². The molecule has 0 radical (unpaired) electrons. The molecule has 0 saturated heterocycles. The minimum Gasteiger partial charge on any atom is -0.396 e. The molecule has 1 amide bonds. The monoisotopic (exact) mass is 282 g/mol. The third-order valence-corrected chi connectivity index (χ3v) is 2.86. The normalized spacial score (nSPS) is 10.5. The Hall–Kier alpha value is -1.62. The van der Waals surface area contributed by atoms with Crippen molar-refractivity contribution in [1.29, 1.82) is 0 Å². The Kier molecular flexibility index (Phi) is 7.65. The van der Waals surface area contributed by atoms with Gasteiger partial charge in [-0.25, -0.2) is 4.39 Å². The number of unbranched alkanes of at least 4 members (excludes halogenated alkanes) is 2. The second kappa shape index (κ2) is 9.31. The first-order valence-corrected chi connectivity index (χ1v) is 7.06. The molecule has 0 atom stereocenters. The molecule has 20 heavy (non-hydrogen) atoms. The van der Waals surface area contributed by atoms with Crippen LogP contribution in [0.3, 0.4) is 0 Å². The third kappa shape index (κ3) is 6.52. The van der Waals surface area contributed by atoms with Crippen molar-refractivity contribution in [3.63, 3.8) is 0 Å². The zero-order valence-electron chi connectivity index (χ0n) is 12.0. The van der Waals surface area contributed by atoms with Crippen LogP contribution in [0.2, 0.25) is 0 Å². The van der Waals surface area contributed by atoms with Crippen molar-refractivity contribution in [2.24, 2.45) is 0 Å². The molecule has 0 aliphatic carbocycles. The molecule has 1 rings (SSSR count). The molecular formula is C15H23FN2O2. The van der Waals surface area contributed by atoms with Crippen LogP contribution in [0.15, 0.2) is 18.2 Å². The van der Waals surface area contributed by atoms with Gasteiger partial charge in [-0.15, -0.1) is 0 Å². The number of nitrogens with two attached hydrogens (primary N) is 1. The van der Waals surface area contributed by atoms with E-state index >= 15 is 0 Å². The standard InChI is InChI=1S/C15H23FN2O2/c1-2-3-4-9-20-10-5-6-15(19)18-12-7-8-13(16)14(17)11-12/h7-8,11H,2-6,9-10,17H2,1H3,(H,18,19). The van der Waals surface area contributed by atoms with E-state index in [1.54, 1.807) is 0 Å². The van der Waals surface area contributed by atoms with E-state index in [0.29, 0.717) is 25.1 Å². The number of hydrogen-bond acceptors (Lipinski definition) is 3. The van der Waals surface area contributed by atoms with Crippen LogP contribution in [0.4, 0.5) is 15.8 Å². The minimum absolute atomic E-state index is 0.0297. The van der Waals surface area contributed by atoms with Crippen LogP contribution < -0.4 is 11.1 Å². The highest BCUT2D eigenvalue weighted by molar-refractivity contribution is 5.91. The van der Waals surface area contributed by atoms with Crippen molar-refractivity contribution < 1.29 is 13.9 Å². The summed E-state index contributed by atoms with van der Waals surface area (Å²) in [5.74, 6) is -0.600. The van der Waals surface area contributed by atoms with Crippen molar-refractivity contribution in [2.45, 2.75) is 39.0 Å². The smallest absolute Gasteiger partial charge is 0.224 e. The van der Waals surface area contributed by atoms with E-state index in [1.807, 2.05) is 0 Å². The molecule has 0 saturated carbocycles. The van der Waals surface area contributed by atoms with Gasteiger partial charge in [-0.05, 0) is 31.0 Å². The molecule has 0 spiro atoms. The van der Waals surface area contributed by atoms with Crippen molar-refractivity contribution >= 4 is 17.3 Å². The van der Waals surface area contributed by atoms with E-state index < -0.39 is 5.82 Å². The van der Waals surface area contributed by atoms with Crippen LogP contribution >= 0.6 is 0 Å². The van der Waals surface area contributed by atoms with E-state index in [9.17, 15) is 9.18 Å². The van der Waals surface area contributed by atoms with Crippen molar-refractivity contribution in [2.75, 3.05) is 24.3 Å². The Bertz CT molecular complexity index is 424. The second-order valence-corrected chi connectivity index (χ2v) is 4.71.